The van der Waals surface area contributed by atoms with Crippen molar-refractivity contribution in [3.8, 4) is 0 Å². The van der Waals surface area contributed by atoms with Crippen molar-refractivity contribution in [3.63, 3.8) is 0 Å². The van der Waals surface area contributed by atoms with Gasteiger partial charge < -0.3 is 10.4 Å². The van der Waals surface area contributed by atoms with Crippen molar-refractivity contribution < 1.29 is 18.4 Å². The largest absolute Gasteiger partial charge is 0.387 e. The molecule has 1 fully saturated rings. The summed E-state index contributed by atoms with van der Waals surface area (Å²) in [7, 11) is -3.78. The summed E-state index contributed by atoms with van der Waals surface area (Å²) in [6.07, 6.45) is 2.70. The fourth-order valence-corrected chi connectivity index (χ4v) is 4.94. The zero-order valence-electron chi connectivity index (χ0n) is 16.0. The predicted octanol–water partition coefficient (Wildman–Crippen LogP) is 3.31. The van der Waals surface area contributed by atoms with Crippen LogP contribution in [0.25, 0.3) is 0 Å². The maximum atomic E-state index is 12.9. The molecule has 156 valence electrons. The van der Waals surface area contributed by atoms with E-state index in [-0.39, 0.29) is 22.8 Å². The highest BCUT2D eigenvalue weighted by Gasteiger charge is 2.28. The number of rotatable bonds is 7. The van der Waals surface area contributed by atoms with E-state index in [1.165, 1.54) is 16.4 Å². The van der Waals surface area contributed by atoms with Crippen LogP contribution in [0.15, 0.2) is 53.4 Å². The molecule has 2 aromatic rings. The molecular weight excluding hydrogens is 394 g/mol. The predicted molar refractivity (Wildman–Crippen MR) is 110 cm³/mol. The van der Waals surface area contributed by atoms with E-state index >= 15 is 0 Å². The summed E-state index contributed by atoms with van der Waals surface area (Å²) in [6, 6.07) is 12.8. The lowest BCUT2D eigenvalue weighted by atomic mass is 10.1. The quantitative estimate of drug-likeness (QED) is 0.526. The highest BCUT2D eigenvalue weighted by Crippen LogP contribution is 2.30. The summed E-state index contributed by atoms with van der Waals surface area (Å²) in [5, 5.41) is 24.7. The van der Waals surface area contributed by atoms with Crippen LogP contribution < -0.4 is 5.32 Å². The lowest BCUT2D eigenvalue weighted by molar-refractivity contribution is -0.384. The fourth-order valence-electron chi connectivity index (χ4n) is 3.40. The summed E-state index contributed by atoms with van der Waals surface area (Å²) in [6.45, 7) is 0.919. The van der Waals surface area contributed by atoms with Gasteiger partial charge in [-0.3, -0.25) is 10.1 Å². The number of nitrogens with zero attached hydrogens (tertiary/aromatic N) is 2. The molecule has 2 N–H and O–H groups in total. The van der Waals surface area contributed by atoms with Gasteiger partial charge in [-0.1, -0.05) is 43.2 Å². The normalized spacial score (nSPS) is 16.7. The molecule has 1 aliphatic heterocycles. The molecule has 0 saturated carbocycles. The van der Waals surface area contributed by atoms with E-state index in [9.17, 15) is 23.6 Å². The number of anilines is 1. The molecule has 1 heterocycles. The average Bonchev–Trinajstić information content (AvgIpc) is 3.02. The number of sulfonamides is 1. The Kier molecular flexibility index (Phi) is 6.83. The summed E-state index contributed by atoms with van der Waals surface area (Å²) in [5.41, 5.74) is 0.518. The second kappa shape index (κ2) is 9.34. The minimum Gasteiger partial charge on any atom is -0.387 e. The minimum absolute atomic E-state index is 0.0586. The van der Waals surface area contributed by atoms with Crippen molar-refractivity contribution in [2.24, 2.45) is 0 Å². The number of nitro groups is 1. The second-order valence-corrected chi connectivity index (χ2v) is 9.00. The van der Waals surface area contributed by atoms with Crippen molar-refractivity contribution >= 4 is 21.4 Å². The van der Waals surface area contributed by atoms with Crippen LogP contribution in [-0.2, 0) is 10.0 Å². The molecule has 0 spiro atoms. The zero-order valence-corrected chi connectivity index (χ0v) is 16.8. The molecule has 29 heavy (non-hydrogen) atoms. The highest BCUT2D eigenvalue weighted by molar-refractivity contribution is 7.89. The molecule has 0 bridgehead atoms. The summed E-state index contributed by atoms with van der Waals surface area (Å²) >= 11 is 0. The third-order valence-corrected chi connectivity index (χ3v) is 6.93. The number of nitrogens with one attached hydrogen (secondary N) is 1. The van der Waals surface area contributed by atoms with Gasteiger partial charge in [0.05, 0.1) is 15.9 Å². The first-order chi connectivity index (χ1) is 13.9. The summed E-state index contributed by atoms with van der Waals surface area (Å²) < 4.78 is 27.2. The molecule has 8 nitrogen and oxygen atoms in total. The van der Waals surface area contributed by atoms with Crippen molar-refractivity contribution in [2.45, 2.75) is 36.7 Å². The molecule has 3 rings (SSSR count). The van der Waals surface area contributed by atoms with Gasteiger partial charge in [0.2, 0.25) is 10.0 Å². The third kappa shape index (κ3) is 5.11. The van der Waals surface area contributed by atoms with Gasteiger partial charge in [-0.15, -0.1) is 0 Å². The van der Waals surface area contributed by atoms with E-state index in [1.54, 1.807) is 24.3 Å². The van der Waals surface area contributed by atoms with E-state index in [4.69, 9.17) is 0 Å². The lowest BCUT2D eigenvalue weighted by Crippen LogP contribution is -2.32. The first-order valence-corrected chi connectivity index (χ1v) is 11.1. The van der Waals surface area contributed by atoms with Crippen LogP contribution in [0.4, 0.5) is 11.4 Å². The van der Waals surface area contributed by atoms with Gasteiger partial charge in [0.15, 0.2) is 0 Å². The SMILES string of the molecule is O=[N+]([O-])c1cc(S(=O)(=O)N2CCCCCC2)ccc1NCC(O)c1ccccc1. The van der Waals surface area contributed by atoms with E-state index < -0.39 is 21.1 Å². The maximum absolute atomic E-state index is 12.9. The maximum Gasteiger partial charge on any atom is 0.293 e. The number of aliphatic hydroxyl groups excluding tert-OH is 1. The molecule has 0 aliphatic carbocycles. The van der Waals surface area contributed by atoms with Crippen LogP contribution in [0.2, 0.25) is 0 Å². The van der Waals surface area contributed by atoms with Gasteiger partial charge in [-0.25, -0.2) is 8.42 Å². The van der Waals surface area contributed by atoms with Crippen LogP contribution in [0.1, 0.15) is 37.4 Å². The molecule has 1 unspecified atom stereocenters. The van der Waals surface area contributed by atoms with Crippen LogP contribution >= 0.6 is 0 Å². The van der Waals surface area contributed by atoms with Crippen molar-refractivity contribution in [1.29, 1.82) is 0 Å². The summed E-state index contributed by atoms with van der Waals surface area (Å²) in [5.74, 6) is 0. The van der Waals surface area contributed by atoms with Gasteiger partial charge in [-0.05, 0) is 30.5 Å². The Bertz CT molecular complexity index is 942. The van der Waals surface area contributed by atoms with Gasteiger partial charge in [0.1, 0.15) is 5.69 Å². The Morgan fingerprint density at radius 1 is 1.07 bits per heavy atom. The fraction of sp³-hybridized carbons (Fsp3) is 0.400. The molecule has 0 aromatic heterocycles. The van der Waals surface area contributed by atoms with Gasteiger partial charge in [-0.2, -0.15) is 4.31 Å². The van der Waals surface area contributed by atoms with Gasteiger partial charge in [0, 0.05) is 25.7 Å². The zero-order chi connectivity index (χ0) is 20.9. The topological polar surface area (TPSA) is 113 Å². The smallest absolute Gasteiger partial charge is 0.293 e. The molecule has 1 aliphatic rings. The molecule has 0 radical (unpaired) electrons. The summed E-state index contributed by atoms with van der Waals surface area (Å²) in [4.78, 5) is 10.8. The number of hydrogen-bond donors (Lipinski definition) is 2. The third-order valence-electron chi connectivity index (χ3n) is 5.04. The van der Waals surface area contributed by atoms with Gasteiger partial charge in [0.25, 0.3) is 5.69 Å². The second-order valence-electron chi connectivity index (χ2n) is 7.06. The van der Waals surface area contributed by atoms with Crippen molar-refractivity contribution in [1.82, 2.24) is 4.31 Å². The first-order valence-electron chi connectivity index (χ1n) is 9.65. The van der Waals surface area contributed by atoms with Crippen LogP contribution in [0.3, 0.4) is 0 Å². The molecular formula is C20H25N3O5S. The minimum atomic E-state index is -3.78. The van der Waals surface area contributed by atoms with E-state index in [0.717, 1.165) is 31.7 Å². The van der Waals surface area contributed by atoms with Crippen LogP contribution in [0.5, 0.6) is 0 Å². The van der Waals surface area contributed by atoms with Gasteiger partial charge >= 0.3 is 0 Å². The lowest BCUT2D eigenvalue weighted by Gasteiger charge is -2.20. The highest BCUT2D eigenvalue weighted by atomic mass is 32.2. The molecule has 9 heteroatoms. The standard InChI is InChI=1S/C20H25N3O5S/c24-20(16-8-4-3-5-9-16)15-21-18-11-10-17(14-19(18)23(25)26)29(27,28)22-12-6-1-2-7-13-22/h3-5,8-11,14,20-21,24H,1-2,6-7,12-13,15H2. The number of aliphatic hydroxyl groups is 1. The van der Waals surface area contributed by atoms with E-state index in [0.29, 0.717) is 18.7 Å². The molecule has 2 aromatic carbocycles. The van der Waals surface area contributed by atoms with Crippen molar-refractivity contribution in [3.05, 3.63) is 64.2 Å². The van der Waals surface area contributed by atoms with E-state index in [1.807, 2.05) is 6.07 Å². The first kappa shape index (κ1) is 21.2. The Hall–Kier alpha value is -2.49. The Morgan fingerprint density at radius 3 is 2.34 bits per heavy atom. The molecule has 1 atom stereocenters. The monoisotopic (exact) mass is 419 g/mol. The van der Waals surface area contributed by atoms with E-state index in [2.05, 4.69) is 5.32 Å². The number of benzene rings is 2. The average molecular weight is 420 g/mol. The Balaban J connectivity index is 1.80. The van der Waals surface area contributed by atoms with Crippen molar-refractivity contribution in [2.75, 3.05) is 25.0 Å². The number of hydrogen-bond acceptors (Lipinski definition) is 6. The number of nitro benzene ring substituents is 1. The molecule has 0 amide bonds. The van der Waals surface area contributed by atoms with Crippen LogP contribution in [0, 0.1) is 10.1 Å². The van der Waals surface area contributed by atoms with Crippen LogP contribution in [-0.4, -0.2) is 42.4 Å². The Labute approximate surface area is 170 Å². The Morgan fingerprint density at radius 2 is 1.72 bits per heavy atom. The molecule has 1 saturated heterocycles.